The third-order valence-electron chi connectivity index (χ3n) is 5.95. The Balaban J connectivity index is 1.25. The topological polar surface area (TPSA) is 104 Å². The number of thiazole rings is 1. The van der Waals surface area contributed by atoms with Gasteiger partial charge in [-0.1, -0.05) is 12.1 Å². The number of carbonyl (C=O) groups excluding carboxylic acids is 2. The minimum absolute atomic E-state index is 0.171. The van der Waals surface area contributed by atoms with Crippen molar-refractivity contribution in [2.45, 2.75) is 13.0 Å². The van der Waals surface area contributed by atoms with Crippen LogP contribution in [0.5, 0.6) is 0 Å². The van der Waals surface area contributed by atoms with E-state index in [1.165, 1.54) is 11.3 Å². The van der Waals surface area contributed by atoms with Crippen LogP contribution in [0.1, 0.15) is 20.4 Å². The van der Waals surface area contributed by atoms with Gasteiger partial charge in [0.25, 0.3) is 5.91 Å². The Morgan fingerprint density at radius 3 is 2.61 bits per heavy atom. The molecule has 4 aromatic rings. The van der Waals surface area contributed by atoms with Gasteiger partial charge >= 0.3 is 6.03 Å². The first-order chi connectivity index (χ1) is 17.4. The van der Waals surface area contributed by atoms with Gasteiger partial charge in [-0.25, -0.2) is 9.78 Å². The number of thiophene rings is 1. The number of carbonyl (C=O) groups is 2. The molecule has 0 fully saturated rings. The lowest BCUT2D eigenvalue weighted by atomic mass is 10.1. The molecular weight excluding hydrogens is 492 g/mol. The zero-order valence-corrected chi connectivity index (χ0v) is 21.6. The zero-order valence-electron chi connectivity index (χ0n) is 19.9. The molecule has 0 saturated heterocycles. The number of rotatable bonds is 5. The Labute approximate surface area is 217 Å². The van der Waals surface area contributed by atoms with E-state index in [0.717, 1.165) is 32.4 Å². The molecule has 184 valence electrons. The van der Waals surface area contributed by atoms with Crippen molar-refractivity contribution in [3.63, 3.8) is 0 Å². The number of fused-ring (bicyclic) bond motifs is 1. The van der Waals surface area contributed by atoms with E-state index in [4.69, 9.17) is 5.73 Å². The molecule has 0 spiro atoms. The highest BCUT2D eigenvalue weighted by Crippen LogP contribution is 2.31. The largest absolute Gasteiger partial charge is 0.397 e. The summed E-state index contributed by atoms with van der Waals surface area (Å²) in [7, 11) is 3.94. The van der Waals surface area contributed by atoms with Gasteiger partial charge in [-0.05, 0) is 53.4 Å². The fourth-order valence-electron chi connectivity index (χ4n) is 3.95. The summed E-state index contributed by atoms with van der Waals surface area (Å²) < 4.78 is 0. The molecule has 36 heavy (non-hydrogen) atoms. The van der Waals surface area contributed by atoms with Gasteiger partial charge in [0.15, 0.2) is 5.01 Å². The summed E-state index contributed by atoms with van der Waals surface area (Å²) in [6.45, 7) is 0.951. The van der Waals surface area contributed by atoms with Gasteiger partial charge < -0.3 is 26.2 Å². The van der Waals surface area contributed by atoms with Gasteiger partial charge in [-0.2, -0.15) is 0 Å². The van der Waals surface area contributed by atoms with Crippen molar-refractivity contribution in [1.82, 2.24) is 9.88 Å². The van der Waals surface area contributed by atoms with Crippen LogP contribution < -0.4 is 21.3 Å². The first kappa shape index (κ1) is 23.8. The van der Waals surface area contributed by atoms with Gasteiger partial charge in [-0.3, -0.25) is 4.79 Å². The molecule has 2 aromatic heterocycles. The van der Waals surface area contributed by atoms with E-state index in [9.17, 15) is 9.59 Å². The van der Waals surface area contributed by atoms with Gasteiger partial charge in [0.2, 0.25) is 0 Å². The van der Waals surface area contributed by atoms with E-state index in [1.54, 1.807) is 22.3 Å². The van der Waals surface area contributed by atoms with Crippen LogP contribution in [-0.4, -0.2) is 42.5 Å². The molecule has 0 aliphatic carbocycles. The Morgan fingerprint density at radius 1 is 1.08 bits per heavy atom. The molecule has 8 nitrogen and oxygen atoms in total. The predicted molar refractivity (Wildman–Crippen MR) is 148 cm³/mol. The summed E-state index contributed by atoms with van der Waals surface area (Å²) in [4.78, 5) is 36.2. The maximum Gasteiger partial charge on any atom is 0.322 e. The van der Waals surface area contributed by atoms with Crippen LogP contribution in [0, 0.1) is 0 Å². The minimum atomic E-state index is -0.304. The Bertz CT molecular complexity index is 1400. The monoisotopic (exact) mass is 518 g/mol. The van der Waals surface area contributed by atoms with Gasteiger partial charge in [-0.15, -0.1) is 22.7 Å². The molecule has 1 aliphatic rings. The number of aromatic nitrogens is 1. The van der Waals surface area contributed by atoms with E-state index >= 15 is 0 Å². The Hall–Kier alpha value is -3.89. The lowest BCUT2D eigenvalue weighted by Crippen LogP contribution is -2.38. The van der Waals surface area contributed by atoms with Crippen molar-refractivity contribution in [3.05, 3.63) is 75.6 Å². The summed E-state index contributed by atoms with van der Waals surface area (Å²) in [6, 6.07) is 17.1. The third-order valence-corrected chi connectivity index (χ3v) is 7.95. The second-order valence-corrected chi connectivity index (χ2v) is 10.7. The average Bonchev–Trinajstić information content (AvgIpc) is 3.55. The average molecular weight is 519 g/mol. The summed E-state index contributed by atoms with van der Waals surface area (Å²) in [5.74, 6) is -0.304. The summed E-state index contributed by atoms with van der Waals surface area (Å²) in [6.07, 6.45) is 0.599. The highest BCUT2D eigenvalue weighted by atomic mass is 32.1. The molecule has 0 atom stereocenters. The van der Waals surface area contributed by atoms with Crippen LogP contribution in [0.25, 0.3) is 10.4 Å². The highest BCUT2D eigenvalue weighted by Gasteiger charge is 2.26. The molecule has 5 rings (SSSR count). The van der Waals surface area contributed by atoms with Gasteiger partial charge in [0.05, 0.1) is 23.6 Å². The number of hydrogen-bond acceptors (Lipinski definition) is 7. The summed E-state index contributed by atoms with van der Waals surface area (Å²) in [5.41, 5.74) is 10.8. The second-order valence-electron chi connectivity index (χ2n) is 8.67. The van der Waals surface area contributed by atoms with Crippen LogP contribution in [-0.2, 0) is 13.0 Å². The summed E-state index contributed by atoms with van der Waals surface area (Å²) >= 11 is 2.94. The molecule has 1 aliphatic heterocycles. The number of nitrogens with one attached hydrogen (secondary N) is 2. The first-order valence-electron chi connectivity index (χ1n) is 11.4. The maximum absolute atomic E-state index is 13.0. The van der Waals surface area contributed by atoms with Crippen LogP contribution in [0.15, 0.2) is 60.0 Å². The number of anilines is 4. The van der Waals surface area contributed by atoms with Gasteiger partial charge in [0, 0.05) is 48.2 Å². The van der Waals surface area contributed by atoms with Crippen molar-refractivity contribution in [2.24, 2.45) is 0 Å². The van der Waals surface area contributed by atoms with Crippen LogP contribution >= 0.6 is 22.7 Å². The maximum atomic E-state index is 13.0. The Kier molecular flexibility index (Phi) is 6.62. The number of benzene rings is 2. The molecule has 0 bridgehead atoms. The van der Waals surface area contributed by atoms with Crippen molar-refractivity contribution < 1.29 is 9.59 Å². The van der Waals surface area contributed by atoms with E-state index in [0.29, 0.717) is 35.9 Å². The second kappa shape index (κ2) is 10.00. The van der Waals surface area contributed by atoms with E-state index in [2.05, 4.69) is 15.6 Å². The quantitative estimate of drug-likeness (QED) is 0.309. The molecule has 4 N–H and O–H groups in total. The SMILES string of the molecule is CN(C)c1ccc(NC(=O)N2CCc3nc(C(=O)Nc4cc(-c5cccs5)ccc4N)sc3C2)cc1. The van der Waals surface area contributed by atoms with Crippen LogP contribution in [0.4, 0.5) is 27.5 Å². The first-order valence-corrected chi connectivity index (χ1v) is 13.1. The normalized spacial score (nSPS) is 12.7. The molecule has 2 aromatic carbocycles. The predicted octanol–water partition coefficient (Wildman–Crippen LogP) is 5.36. The standard InChI is InChI=1S/C26H26N6O2S2/c1-31(2)18-8-6-17(7-9-18)28-26(34)32-12-11-20-23(15-32)36-25(30-20)24(33)29-21-14-16(5-10-19(21)27)22-4-3-13-35-22/h3-10,13-14H,11-12,15,27H2,1-2H3,(H,28,34)(H,29,33). The number of urea groups is 1. The molecular formula is C26H26N6O2S2. The van der Waals surface area contributed by atoms with E-state index in [1.807, 2.05) is 72.9 Å². The smallest absolute Gasteiger partial charge is 0.322 e. The van der Waals surface area contributed by atoms with Crippen molar-refractivity contribution in [2.75, 3.05) is 41.9 Å². The van der Waals surface area contributed by atoms with Crippen molar-refractivity contribution in [1.29, 1.82) is 0 Å². The zero-order chi connectivity index (χ0) is 25.2. The van der Waals surface area contributed by atoms with Gasteiger partial charge in [0.1, 0.15) is 0 Å². The van der Waals surface area contributed by atoms with Crippen molar-refractivity contribution in [3.8, 4) is 10.4 Å². The summed E-state index contributed by atoms with van der Waals surface area (Å²) in [5, 5.41) is 8.24. The van der Waals surface area contributed by atoms with E-state index in [-0.39, 0.29) is 11.9 Å². The number of hydrogen-bond donors (Lipinski definition) is 3. The number of nitrogens with two attached hydrogens (primary N) is 1. The van der Waals surface area contributed by atoms with Crippen molar-refractivity contribution >= 4 is 57.4 Å². The molecule has 3 amide bonds. The van der Waals surface area contributed by atoms with Crippen LogP contribution in [0.3, 0.4) is 0 Å². The molecule has 0 unspecified atom stereocenters. The molecule has 0 saturated carbocycles. The van der Waals surface area contributed by atoms with Crippen LogP contribution in [0.2, 0.25) is 0 Å². The highest BCUT2D eigenvalue weighted by molar-refractivity contribution is 7.14. The fraction of sp³-hybridized carbons (Fsp3) is 0.192. The van der Waals surface area contributed by atoms with E-state index < -0.39 is 0 Å². The number of nitrogens with zero attached hydrogens (tertiary/aromatic N) is 3. The fourth-order valence-corrected chi connectivity index (χ4v) is 5.69. The third kappa shape index (κ3) is 5.05. The molecule has 10 heteroatoms. The molecule has 0 radical (unpaired) electrons. The lowest BCUT2D eigenvalue weighted by Gasteiger charge is -2.26. The minimum Gasteiger partial charge on any atom is -0.397 e. The number of nitrogen functional groups attached to an aromatic ring is 1. The Morgan fingerprint density at radius 2 is 1.89 bits per heavy atom. The molecule has 3 heterocycles. The number of amides is 3. The lowest BCUT2D eigenvalue weighted by molar-refractivity contribution is 0.102.